The lowest BCUT2D eigenvalue weighted by Gasteiger charge is -2.31. The molecule has 7 heteroatoms. The Morgan fingerprint density at radius 1 is 1.04 bits per heavy atom. The highest BCUT2D eigenvalue weighted by Gasteiger charge is 2.29. The Morgan fingerprint density at radius 3 is 2.39 bits per heavy atom. The summed E-state index contributed by atoms with van der Waals surface area (Å²) in [5.41, 5.74) is 1.93. The third kappa shape index (κ3) is 4.97. The van der Waals surface area contributed by atoms with E-state index in [1.165, 1.54) is 5.01 Å². The summed E-state index contributed by atoms with van der Waals surface area (Å²) in [6.07, 6.45) is 2.30. The van der Waals surface area contributed by atoms with E-state index in [0.717, 1.165) is 17.7 Å². The second-order valence-corrected chi connectivity index (χ2v) is 7.09. The molecule has 0 aromatic heterocycles. The van der Waals surface area contributed by atoms with Crippen molar-refractivity contribution in [3.8, 4) is 0 Å². The Balaban J connectivity index is 1.43. The van der Waals surface area contributed by atoms with E-state index in [0.29, 0.717) is 39.1 Å². The van der Waals surface area contributed by atoms with Crippen molar-refractivity contribution in [1.82, 2.24) is 9.91 Å². The summed E-state index contributed by atoms with van der Waals surface area (Å²) in [6, 6.07) is 9.81. The van der Waals surface area contributed by atoms with E-state index in [4.69, 9.17) is 4.74 Å². The normalized spacial score (nSPS) is 17.4. The molecule has 1 aromatic carbocycles. The summed E-state index contributed by atoms with van der Waals surface area (Å²) >= 11 is 0. The van der Waals surface area contributed by atoms with Crippen LogP contribution in [-0.2, 0) is 19.1 Å². The van der Waals surface area contributed by atoms with Gasteiger partial charge in [0.25, 0.3) is 0 Å². The monoisotopic (exact) mass is 385 g/mol. The van der Waals surface area contributed by atoms with E-state index in [-0.39, 0.29) is 36.5 Å². The molecule has 0 spiro atoms. The average molecular weight is 385 g/mol. The van der Waals surface area contributed by atoms with Crippen LogP contribution >= 0.6 is 0 Å². The Morgan fingerprint density at radius 2 is 1.71 bits per heavy atom. The number of hydrogen-bond donors (Lipinski definition) is 0. The van der Waals surface area contributed by atoms with Gasteiger partial charge in [-0.25, -0.2) is 5.01 Å². The molecule has 0 unspecified atom stereocenters. The molecular formula is C21H27N3O4. The van der Waals surface area contributed by atoms with E-state index in [2.05, 4.69) is 5.10 Å². The number of hydrazone groups is 1. The zero-order valence-corrected chi connectivity index (χ0v) is 16.3. The van der Waals surface area contributed by atoms with E-state index in [9.17, 15) is 14.4 Å². The number of benzene rings is 1. The van der Waals surface area contributed by atoms with Crippen LogP contribution in [0.25, 0.3) is 0 Å². The second kappa shape index (κ2) is 9.48. The highest BCUT2D eigenvalue weighted by Crippen LogP contribution is 2.20. The predicted octanol–water partition coefficient (Wildman–Crippen LogP) is 2.20. The summed E-state index contributed by atoms with van der Waals surface area (Å²) < 4.78 is 5.05. The fourth-order valence-electron chi connectivity index (χ4n) is 3.60. The van der Waals surface area contributed by atoms with Crippen LogP contribution in [0.1, 0.15) is 44.6 Å². The van der Waals surface area contributed by atoms with Crippen LogP contribution in [0.4, 0.5) is 0 Å². The Labute approximate surface area is 165 Å². The van der Waals surface area contributed by atoms with Crippen molar-refractivity contribution in [3.63, 3.8) is 0 Å². The van der Waals surface area contributed by atoms with Gasteiger partial charge < -0.3 is 9.64 Å². The number of likely N-dealkylation sites (tertiary alicyclic amines) is 1. The summed E-state index contributed by atoms with van der Waals surface area (Å²) in [4.78, 5) is 38.3. The largest absolute Gasteiger partial charge is 0.466 e. The molecule has 0 bridgehead atoms. The second-order valence-electron chi connectivity index (χ2n) is 7.09. The van der Waals surface area contributed by atoms with Crippen LogP contribution in [0, 0.1) is 5.92 Å². The highest BCUT2D eigenvalue weighted by atomic mass is 16.5. The number of carbonyl (C=O) groups excluding carboxylic acids is 3. The molecule has 1 fully saturated rings. The zero-order valence-electron chi connectivity index (χ0n) is 16.3. The van der Waals surface area contributed by atoms with Crippen LogP contribution in [-0.4, -0.2) is 59.6 Å². The Hall–Kier alpha value is -2.70. The molecule has 1 aromatic rings. The number of carbonyl (C=O) groups is 3. The van der Waals surface area contributed by atoms with Crippen molar-refractivity contribution in [2.75, 3.05) is 26.2 Å². The van der Waals surface area contributed by atoms with Crippen molar-refractivity contribution in [3.05, 3.63) is 35.9 Å². The zero-order chi connectivity index (χ0) is 19.9. The van der Waals surface area contributed by atoms with Crippen LogP contribution < -0.4 is 0 Å². The van der Waals surface area contributed by atoms with E-state index >= 15 is 0 Å². The molecule has 0 saturated carbocycles. The SMILES string of the molecule is CCOC(=O)C1CCN(C(=O)CCC(=O)N2CCC(c3ccccc3)=N2)CC1. The fraction of sp³-hybridized carbons (Fsp3) is 0.524. The first-order valence-electron chi connectivity index (χ1n) is 9.96. The Kier molecular flexibility index (Phi) is 6.79. The maximum Gasteiger partial charge on any atom is 0.309 e. The molecule has 0 radical (unpaired) electrons. The van der Waals surface area contributed by atoms with Gasteiger partial charge in [-0.05, 0) is 25.3 Å². The number of ether oxygens (including phenoxy) is 1. The molecule has 150 valence electrons. The fourth-order valence-corrected chi connectivity index (χ4v) is 3.60. The predicted molar refractivity (Wildman–Crippen MR) is 104 cm³/mol. The van der Waals surface area contributed by atoms with Gasteiger partial charge in [-0.15, -0.1) is 0 Å². The standard InChI is InChI=1S/C21H27N3O4/c1-2-28-21(27)17-10-13-23(14-11-17)19(25)8-9-20(26)24-15-12-18(22-24)16-6-4-3-5-7-16/h3-7,17H,2,8-15H2,1H3. The maximum absolute atomic E-state index is 12.4. The van der Waals surface area contributed by atoms with Gasteiger partial charge in [0.15, 0.2) is 0 Å². The lowest BCUT2D eigenvalue weighted by atomic mass is 9.96. The smallest absolute Gasteiger partial charge is 0.309 e. The molecule has 0 N–H and O–H groups in total. The van der Waals surface area contributed by atoms with Gasteiger partial charge in [-0.2, -0.15) is 5.10 Å². The van der Waals surface area contributed by atoms with Gasteiger partial charge in [0.1, 0.15) is 0 Å². The molecule has 2 aliphatic rings. The summed E-state index contributed by atoms with van der Waals surface area (Å²) in [5.74, 6) is -0.463. The number of nitrogens with zero attached hydrogens (tertiary/aromatic N) is 3. The first-order valence-corrected chi connectivity index (χ1v) is 9.96. The highest BCUT2D eigenvalue weighted by molar-refractivity contribution is 6.02. The molecule has 2 amide bonds. The van der Waals surface area contributed by atoms with Crippen LogP contribution in [0.15, 0.2) is 35.4 Å². The molecule has 28 heavy (non-hydrogen) atoms. The average Bonchev–Trinajstić information content (AvgIpc) is 3.23. The van der Waals surface area contributed by atoms with Crippen molar-refractivity contribution in [2.45, 2.75) is 39.0 Å². The minimum Gasteiger partial charge on any atom is -0.466 e. The number of piperidine rings is 1. The summed E-state index contributed by atoms with van der Waals surface area (Å²) in [6.45, 7) is 3.81. The minimum atomic E-state index is -0.175. The first-order chi connectivity index (χ1) is 13.6. The number of amides is 2. The number of hydrogen-bond acceptors (Lipinski definition) is 5. The van der Waals surface area contributed by atoms with Gasteiger partial charge in [0.05, 0.1) is 24.8 Å². The van der Waals surface area contributed by atoms with Crippen LogP contribution in [0.2, 0.25) is 0 Å². The topological polar surface area (TPSA) is 79.3 Å². The molecule has 2 aliphatic heterocycles. The number of esters is 1. The molecule has 7 nitrogen and oxygen atoms in total. The van der Waals surface area contributed by atoms with Gasteiger partial charge in [0.2, 0.25) is 11.8 Å². The molecule has 0 aliphatic carbocycles. The van der Waals surface area contributed by atoms with Crippen molar-refractivity contribution >= 4 is 23.5 Å². The van der Waals surface area contributed by atoms with E-state index in [1.807, 2.05) is 30.3 Å². The molecule has 3 rings (SSSR count). The van der Waals surface area contributed by atoms with Crippen LogP contribution in [0.3, 0.4) is 0 Å². The minimum absolute atomic E-state index is 0.0397. The third-order valence-corrected chi connectivity index (χ3v) is 5.22. The van der Waals surface area contributed by atoms with Gasteiger partial charge in [-0.3, -0.25) is 14.4 Å². The molecule has 2 heterocycles. The van der Waals surface area contributed by atoms with Gasteiger partial charge in [0, 0.05) is 32.4 Å². The molecule has 0 atom stereocenters. The van der Waals surface area contributed by atoms with Gasteiger partial charge >= 0.3 is 5.97 Å². The van der Waals surface area contributed by atoms with Crippen molar-refractivity contribution in [1.29, 1.82) is 0 Å². The quantitative estimate of drug-likeness (QED) is 0.703. The van der Waals surface area contributed by atoms with Crippen molar-refractivity contribution in [2.24, 2.45) is 11.0 Å². The third-order valence-electron chi connectivity index (χ3n) is 5.22. The maximum atomic E-state index is 12.4. The summed E-state index contributed by atoms with van der Waals surface area (Å²) in [5, 5.41) is 5.89. The van der Waals surface area contributed by atoms with E-state index < -0.39 is 0 Å². The Bertz CT molecular complexity index is 739. The van der Waals surface area contributed by atoms with E-state index in [1.54, 1.807) is 11.8 Å². The summed E-state index contributed by atoms with van der Waals surface area (Å²) in [7, 11) is 0. The van der Waals surface area contributed by atoms with Crippen molar-refractivity contribution < 1.29 is 19.1 Å². The molecular weight excluding hydrogens is 358 g/mol. The van der Waals surface area contributed by atoms with Gasteiger partial charge in [-0.1, -0.05) is 30.3 Å². The number of rotatable bonds is 6. The lowest BCUT2D eigenvalue weighted by Crippen LogP contribution is -2.41. The van der Waals surface area contributed by atoms with Crippen LogP contribution in [0.5, 0.6) is 0 Å². The lowest BCUT2D eigenvalue weighted by molar-refractivity contribution is -0.151. The first kappa shape index (κ1) is 20.0. The molecule has 1 saturated heterocycles.